The third kappa shape index (κ3) is 3.53. The van der Waals surface area contributed by atoms with Gasteiger partial charge in [-0.1, -0.05) is 18.2 Å². The van der Waals surface area contributed by atoms with Gasteiger partial charge in [-0.3, -0.25) is 4.98 Å². The number of hydrogen-bond donors (Lipinski definition) is 2. The van der Waals surface area contributed by atoms with Gasteiger partial charge in [0.15, 0.2) is 0 Å². The van der Waals surface area contributed by atoms with Crippen molar-refractivity contribution >= 4 is 17.7 Å². The summed E-state index contributed by atoms with van der Waals surface area (Å²) in [5.74, 6) is -0.734. The average molecular weight is 325 g/mol. The summed E-state index contributed by atoms with van der Waals surface area (Å²) in [5.41, 5.74) is 1.88. The van der Waals surface area contributed by atoms with Gasteiger partial charge in [-0.15, -0.1) is 0 Å². The minimum atomic E-state index is -0.901. The van der Waals surface area contributed by atoms with Crippen molar-refractivity contribution in [3.63, 3.8) is 0 Å². The van der Waals surface area contributed by atoms with Gasteiger partial charge < -0.3 is 15.3 Å². The number of likely N-dealkylation sites (tertiary alicyclic amines) is 1. The molecule has 6 nitrogen and oxygen atoms in total. The second-order valence-corrected chi connectivity index (χ2v) is 5.83. The van der Waals surface area contributed by atoms with Crippen molar-refractivity contribution in [2.75, 3.05) is 18.4 Å². The molecule has 1 aromatic heterocycles. The minimum absolute atomic E-state index is 0.145. The van der Waals surface area contributed by atoms with E-state index in [1.165, 1.54) is 0 Å². The van der Waals surface area contributed by atoms with Gasteiger partial charge in [-0.2, -0.15) is 0 Å². The molecule has 1 aliphatic rings. The molecule has 0 spiro atoms. The first kappa shape index (κ1) is 16.0. The Morgan fingerprint density at radius 1 is 1.12 bits per heavy atom. The SMILES string of the molecule is O=C(O)c1ccccc1C1CCN(C(=O)Nc2cccnc2)CC1. The van der Waals surface area contributed by atoms with E-state index < -0.39 is 5.97 Å². The molecule has 0 atom stereocenters. The second-order valence-electron chi connectivity index (χ2n) is 5.83. The Balaban J connectivity index is 1.62. The van der Waals surface area contributed by atoms with Crippen molar-refractivity contribution in [1.82, 2.24) is 9.88 Å². The average Bonchev–Trinajstić information content (AvgIpc) is 2.62. The Morgan fingerprint density at radius 3 is 2.54 bits per heavy atom. The van der Waals surface area contributed by atoms with E-state index in [0.717, 1.165) is 18.4 Å². The van der Waals surface area contributed by atoms with Crippen molar-refractivity contribution < 1.29 is 14.7 Å². The van der Waals surface area contributed by atoms with Crippen LogP contribution >= 0.6 is 0 Å². The van der Waals surface area contributed by atoms with Crippen LogP contribution in [0.1, 0.15) is 34.7 Å². The molecule has 0 saturated carbocycles. The van der Waals surface area contributed by atoms with Gasteiger partial charge in [-0.05, 0) is 42.5 Å². The van der Waals surface area contributed by atoms with Gasteiger partial charge in [0, 0.05) is 19.3 Å². The maximum Gasteiger partial charge on any atom is 0.335 e. The summed E-state index contributed by atoms with van der Waals surface area (Å²) in [7, 11) is 0. The summed E-state index contributed by atoms with van der Waals surface area (Å²) in [5, 5.41) is 12.1. The number of carbonyl (C=O) groups excluding carboxylic acids is 1. The predicted octanol–water partition coefficient (Wildman–Crippen LogP) is 3.19. The number of anilines is 1. The molecule has 0 bridgehead atoms. The molecule has 124 valence electrons. The molecule has 24 heavy (non-hydrogen) atoms. The number of urea groups is 1. The smallest absolute Gasteiger partial charge is 0.335 e. The third-order valence-corrected chi connectivity index (χ3v) is 4.33. The first-order chi connectivity index (χ1) is 11.6. The van der Waals surface area contributed by atoms with Crippen LogP contribution in [0.15, 0.2) is 48.8 Å². The quantitative estimate of drug-likeness (QED) is 0.908. The van der Waals surface area contributed by atoms with Gasteiger partial charge in [0.1, 0.15) is 0 Å². The maximum absolute atomic E-state index is 12.3. The normalized spacial score (nSPS) is 15.1. The number of piperidine rings is 1. The molecule has 6 heteroatoms. The predicted molar refractivity (Wildman–Crippen MR) is 90.2 cm³/mol. The number of aromatic nitrogens is 1. The zero-order valence-electron chi connectivity index (χ0n) is 13.2. The standard InChI is InChI=1S/C18H19N3O3/c22-17(23)16-6-2-1-5-15(16)13-7-10-21(11-8-13)18(24)20-14-4-3-9-19-12-14/h1-6,9,12-13H,7-8,10-11H2,(H,20,24)(H,22,23). The molecule has 1 aliphatic heterocycles. The Morgan fingerprint density at radius 2 is 1.88 bits per heavy atom. The van der Waals surface area contributed by atoms with Gasteiger partial charge >= 0.3 is 12.0 Å². The molecular weight excluding hydrogens is 306 g/mol. The molecule has 0 aliphatic carbocycles. The summed E-state index contributed by atoms with van der Waals surface area (Å²) < 4.78 is 0. The molecule has 1 saturated heterocycles. The van der Waals surface area contributed by atoms with Crippen molar-refractivity contribution in [3.8, 4) is 0 Å². The van der Waals surface area contributed by atoms with Crippen LogP contribution in [0.25, 0.3) is 0 Å². The Bertz CT molecular complexity index is 725. The largest absolute Gasteiger partial charge is 0.478 e. The fourth-order valence-electron chi connectivity index (χ4n) is 3.08. The molecule has 2 amide bonds. The lowest BCUT2D eigenvalue weighted by Gasteiger charge is -2.32. The first-order valence-electron chi connectivity index (χ1n) is 7.93. The highest BCUT2D eigenvalue weighted by molar-refractivity contribution is 5.90. The van der Waals surface area contributed by atoms with Crippen LogP contribution in [0.5, 0.6) is 0 Å². The zero-order valence-corrected chi connectivity index (χ0v) is 13.2. The highest BCUT2D eigenvalue weighted by atomic mass is 16.4. The molecule has 1 fully saturated rings. The topological polar surface area (TPSA) is 82.5 Å². The van der Waals surface area contributed by atoms with E-state index in [-0.39, 0.29) is 11.9 Å². The van der Waals surface area contributed by atoms with E-state index >= 15 is 0 Å². The maximum atomic E-state index is 12.3. The number of benzene rings is 1. The number of carboxylic acid groups (broad SMARTS) is 1. The van der Waals surface area contributed by atoms with E-state index in [4.69, 9.17) is 0 Å². The molecule has 2 N–H and O–H groups in total. The highest BCUT2D eigenvalue weighted by Gasteiger charge is 2.26. The van der Waals surface area contributed by atoms with Crippen LogP contribution in [0.2, 0.25) is 0 Å². The number of rotatable bonds is 3. The molecule has 3 rings (SSSR count). The van der Waals surface area contributed by atoms with Crippen LogP contribution in [0, 0.1) is 0 Å². The van der Waals surface area contributed by atoms with E-state index in [0.29, 0.717) is 24.3 Å². The number of amides is 2. The lowest BCUT2D eigenvalue weighted by molar-refractivity contribution is 0.0694. The molecule has 0 unspecified atom stereocenters. The summed E-state index contributed by atoms with van der Waals surface area (Å²) in [6.07, 6.45) is 4.77. The third-order valence-electron chi connectivity index (χ3n) is 4.33. The van der Waals surface area contributed by atoms with Crippen LogP contribution in [0.3, 0.4) is 0 Å². The Hall–Kier alpha value is -2.89. The summed E-state index contributed by atoms with van der Waals surface area (Å²) in [4.78, 5) is 29.4. The first-order valence-corrected chi connectivity index (χ1v) is 7.93. The highest BCUT2D eigenvalue weighted by Crippen LogP contribution is 2.30. The zero-order chi connectivity index (χ0) is 16.9. The van der Waals surface area contributed by atoms with Crippen molar-refractivity contribution in [1.29, 1.82) is 0 Å². The van der Waals surface area contributed by atoms with Gasteiger partial charge in [0.2, 0.25) is 0 Å². The van der Waals surface area contributed by atoms with E-state index in [1.54, 1.807) is 41.6 Å². The molecule has 1 aromatic carbocycles. The molecular formula is C18H19N3O3. The Labute approximate surface area is 140 Å². The molecule has 2 heterocycles. The number of carbonyl (C=O) groups is 2. The van der Waals surface area contributed by atoms with Crippen LogP contribution in [-0.2, 0) is 0 Å². The second kappa shape index (κ2) is 7.12. The van der Waals surface area contributed by atoms with Gasteiger partial charge in [-0.25, -0.2) is 9.59 Å². The number of nitrogens with zero attached hydrogens (tertiary/aromatic N) is 2. The van der Waals surface area contributed by atoms with Gasteiger partial charge in [0.25, 0.3) is 0 Å². The minimum Gasteiger partial charge on any atom is -0.478 e. The number of nitrogens with one attached hydrogen (secondary N) is 1. The Kier molecular flexibility index (Phi) is 4.74. The summed E-state index contributed by atoms with van der Waals surface area (Å²) in [6.45, 7) is 1.20. The fraction of sp³-hybridized carbons (Fsp3) is 0.278. The number of aromatic carboxylic acids is 1. The van der Waals surface area contributed by atoms with E-state index in [1.807, 2.05) is 12.1 Å². The van der Waals surface area contributed by atoms with Crippen molar-refractivity contribution in [3.05, 3.63) is 59.9 Å². The lowest BCUT2D eigenvalue weighted by atomic mass is 9.86. The van der Waals surface area contributed by atoms with Gasteiger partial charge in [0.05, 0.1) is 17.4 Å². The summed E-state index contributed by atoms with van der Waals surface area (Å²) in [6, 6.07) is 10.5. The number of pyridine rings is 1. The summed E-state index contributed by atoms with van der Waals surface area (Å²) >= 11 is 0. The van der Waals surface area contributed by atoms with Crippen LogP contribution in [0.4, 0.5) is 10.5 Å². The lowest BCUT2D eigenvalue weighted by Crippen LogP contribution is -2.40. The molecule has 2 aromatic rings. The van der Waals surface area contributed by atoms with Crippen molar-refractivity contribution in [2.24, 2.45) is 0 Å². The monoisotopic (exact) mass is 325 g/mol. The number of carboxylic acids is 1. The van der Waals surface area contributed by atoms with Crippen LogP contribution in [-0.4, -0.2) is 40.1 Å². The molecule has 0 radical (unpaired) electrons. The van der Waals surface area contributed by atoms with Crippen LogP contribution < -0.4 is 5.32 Å². The van der Waals surface area contributed by atoms with E-state index in [9.17, 15) is 14.7 Å². The van der Waals surface area contributed by atoms with E-state index in [2.05, 4.69) is 10.3 Å². The number of hydrogen-bond acceptors (Lipinski definition) is 3. The fourth-order valence-corrected chi connectivity index (χ4v) is 3.08. The van der Waals surface area contributed by atoms with Crippen molar-refractivity contribution in [2.45, 2.75) is 18.8 Å².